The second-order valence-electron chi connectivity index (χ2n) is 4.20. The highest BCUT2D eigenvalue weighted by Crippen LogP contribution is 2.37. The largest absolute Gasteiger partial charge is 0.497 e. The van der Waals surface area contributed by atoms with Gasteiger partial charge >= 0.3 is 0 Å². The fourth-order valence-corrected chi connectivity index (χ4v) is 2.70. The average Bonchev–Trinajstić information content (AvgIpc) is 2.61. The summed E-state index contributed by atoms with van der Waals surface area (Å²) in [6.45, 7) is 2.25. The summed E-state index contributed by atoms with van der Waals surface area (Å²) in [5, 5.41) is 0. The topological polar surface area (TPSA) is 9.23 Å². The fourth-order valence-electron chi connectivity index (χ4n) is 2.29. The van der Waals surface area contributed by atoms with Crippen molar-refractivity contribution in [2.45, 2.75) is 19.8 Å². The second kappa shape index (κ2) is 4.96. The molecular weight excluding hydrogens is 216 g/mol. The van der Waals surface area contributed by atoms with Gasteiger partial charge in [-0.1, -0.05) is 11.6 Å². The molecule has 0 saturated carbocycles. The van der Waals surface area contributed by atoms with Crippen molar-refractivity contribution in [2.24, 2.45) is 0 Å². The highest BCUT2D eigenvalue weighted by molar-refractivity contribution is 7.98. The number of allylic oxidation sites excluding steroid dienone is 2. The van der Waals surface area contributed by atoms with Crippen molar-refractivity contribution in [2.75, 3.05) is 19.1 Å². The van der Waals surface area contributed by atoms with Crippen LogP contribution in [0.4, 0.5) is 0 Å². The fraction of sp³-hybridized carbons (Fsp3) is 0.429. The van der Waals surface area contributed by atoms with Crippen LogP contribution in [-0.4, -0.2) is 19.1 Å². The summed E-state index contributed by atoms with van der Waals surface area (Å²) in [4.78, 5) is 0. The van der Waals surface area contributed by atoms with E-state index < -0.39 is 0 Å². The van der Waals surface area contributed by atoms with Crippen LogP contribution in [0.15, 0.2) is 23.8 Å². The maximum absolute atomic E-state index is 5.30. The van der Waals surface area contributed by atoms with Gasteiger partial charge in [0.15, 0.2) is 0 Å². The van der Waals surface area contributed by atoms with Gasteiger partial charge in [0.25, 0.3) is 0 Å². The van der Waals surface area contributed by atoms with Gasteiger partial charge in [0.1, 0.15) is 5.75 Å². The number of hydrogen-bond acceptors (Lipinski definition) is 2. The summed E-state index contributed by atoms with van der Waals surface area (Å²) >= 11 is 1.91. The number of methoxy groups -OCH3 is 1. The highest BCUT2D eigenvalue weighted by Gasteiger charge is 2.18. The molecule has 1 aliphatic carbocycles. The molecular formula is C14H18OS. The number of benzene rings is 1. The van der Waals surface area contributed by atoms with E-state index in [1.807, 2.05) is 11.8 Å². The van der Waals surface area contributed by atoms with Gasteiger partial charge in [0.05, 0.1) is 7.11 Å². The molecule has 16 heavy (non-hydrogen) atoms. The van der Waals surface area contributed by atoms with Crippen LogP contribution in [0.1, 0.15) is 24.5 Å². The number of thioether (sulfide) groups is 1. The minimum Gasteiger partial charge on any atom is -0.497 e. The molecule has 2 rings (SSSR count). The monoisotopic (exact) mass is 234 g/mol. The van der Waals surface area contributed by atoms with E-state index >= 15 is 0 Å². The van der Waals surface area contributed by atoms with Crippen molar-refractivity contribution >= 4 is 17.3 Å². The van der Waals surface area contributed by atoms with Crippen LogP contribution in [0.5, 0.6) is 5.75 Å². The van der Waals surface area contributed by atoms with E-state index in [9.17, 15) is 0 Å². The molecule has 1 aromatic carbocycles. The molecule has 1 aromatic rings. The first-order valence-electron chi connectivity index (χ1n) is 5.61. The minimum absolute atomic E-state index is 0.968. The SMILES string of the molecule is COc1ccc2c(c1)C(CCSC)=C(C)C2. The first-order valence-corrected chi connectivity index (χ1v) is 7.00. The summed E-state index contributed by atoms with van der Waals surface area (Å²) in [7, 11) is 1.73. The molecule has 0 radical (unpaired) electrons. The predicted octanol–water partition coefficient (Wildman–Crippen LogP) is 3.78. The molecule has 0 saturated heterocycles. The van der Waals surface area contributed by atoms with Gasteiger partial charge in [0.2, 0.25) is 0 Å². The summed E-state index contributed by atoms with van der Waals surface area (Å²) < 4.78 is 5.30. The third kappa shape index (κ3) is 2.12. The van der Waals surface area contributed by atoms with E-state index in [0.29, 0.717) is 0 Å². The molecule has 1 aliphatic rings. The molecule has 0 N–H and O–H groups in total. The predicted molar refractivity (Wildman–Crippen MR) is 72.3 cm³/mol. The Bertz CT molecular complexity index is 421. The molecule has 0 amide bonds. The van der Waals surface area contributed by atoms with E-state index in [4.69, 9.17) is 4.74 Å². The van der Waals surface area contributed by atoms with Gasteiger partial charge in [-0.3, -0.25) is 0 Å². The normalized spacial score (nSPS) is 14.2. The Morgan fingerprint density at radius 2 is 2.19 bits per heavy atom. The molecule has 0 aliphatic heterocycles. The van der Waals surface area contributed by atoms with Crippen LogP contribution in [0.25, 0.3) is 5.57 Å². The summed E-state index contributed by atoms with van der Waals surface area (Å²) in [6.07, 6.45) is 4.45. The first kappa shape index (κ1) is 11.6. The number of ether oxygens (including phenoxy) is 1. The van der Waals surface area contributed by atoms with E-state index in [1.54, 1.807) is 7.11 Å². The molecule has 86 valence electrons. The molecule has 1 nitrogen and oxygen atoms in total. The van der Waals surface area contributed by atoms with Crippen LogP contribution in [0.3, 0.4) is 0 Å². The number of fused-ring (bicyclic) bond motifs is 1. The van der Waals surface area contributed by atoms with Gasteiger partial charge in [-0.2, -0.15) is 11.8 Å². The maximum atomic E-state index is 5.30. The van der Waals surface area contributed by atoms with E-state index in [1.165, 1.54) is 34.4 Å². The van der Waals surface area contributed by atoms with Gasteiger partial charge in [0, 0.05) is 0 Å². The van der Waals surface area contributed by atoms with Crippen molar-refractivity contribution in [3.8, 4) is 5.75 Å². The lowest BCUT2D eigenvalue weighted by atomic mass is 10.0. The van der Waals surface area contributed by atoms with Crippen molar-refractivity contribution in [1.82, 2.24) is 0 Å². The van der Waals surface area contributed by atoms with E-state index in [2.05, 4.69) is 31.4 Å². The van der Waals surface area contributed by atoms with E-state index in [0.717, 1.165) is 12.2 Å². The molecule has 0 fully saturated rings. The minimum atomic E-state index is 0.968. The Hall–Kier alpha value is -0.890. The van der Waals surface area contributed by atoms with Crippen molar-refractivity contribution in [3.05, 3.63) is 34.9 Å². The molecule has 0 aromatic heterocycles. The lowest BCUT2D eigenvalue weighted by molar-refractivity contribution is 0.414. The lowest BCUT2D eigenvalue weighted by Crippen LogP contribution is -1.89. The first-order chi connectivity index (χ1) is 7.76. The van der Waals surface area contributed by atoms with Crippen LogP contribution < -0.4 is 4.74 Å². The Labute approximate surface area is 102 Å². The third-order valence-electron chi connectivity index (χ3n) is 3.17. The third-order valence-corrected chi connectivity index (χ3v) is 3.78. The zero-order valence-electron chi connectivity index (χ0n) is 10.2. The van der Waals surface area contributed by atoms with Crippen molar-refractivity contribution in [3.63, 3.8) is 0 Å². The van der Waals surface area contributed by atoms with Crippen molar-refractivity contribution < 1.29 is 4.74 Å². The molecule has 0 atom stereocenters. The Kier molecular flexibility index (Phi) is 3.59. The number of hydrogen-bond donors (Lipinski definition) is 0. The Morgan fingerprint density at radius 3 is 2.88 bits per heavy atom. The highest BCUT2D eigenvalue weighted by atomic mass is 32.2. The summed E-state index contributed by atoms with van der Waals surface area (Å²) in [6, 6.07) is 6.44. The van der Waals surface area contributed by atoms with Gasteiger partial charge in [-0.05, 0) is 60.6 Å². The molecule has 0 spiro atoms. The quantitative estimate of drug-likeness (QED) is 0.784. The van der Waals surface area contributed by atoms with Crippen molar-refractivity contribution in [1.29, 1.82) is 0 Å². The van der Waals surface area contributed by atoms with Gasteiger partial charge < -0.3 is 4.74 Å². The second-order valence-corrected chi connectivity index (χ2v) is 5.19. The van der Waals surface area contributed by atoms with Crippen LogP contribution in [-0.2, 0) is 6.42 Å². The Morgan fingerprint density at radius 1 is 1.38 bits per heavy atom. The smallest absolute Gasteiger partial charge is 0.119 e. The molecule has 0 bridgehead atoms. The average molecular weight is 234 g/mol. The molecule has 0 heterocycles. The maximum Gasteiger partial charge on any atom is 0.119 e. The summed E-state index contributed by atoms with van der Waals surface area (Å²) in [5.41, 5.74) is 5.92. The van der Waals surface area contributed by atoms with Crippen LogP contribution in [0, 0.1) is 0 Å². The zero-order chi connectivity index (χ0) is 11.5. The number of rotatable bonds is 4. The van der Waals surface area contributed by atoms with Crippen LogP contribution in [0.2, 0.25) is 0 Å². The van der Waals surface area contributed by atoms with Gasteiger partial charge in [-0.15, -0.1) is 0 Å². The summed E-state index contributed by atoms with van der Waals surface area (Å²) in [5.74, 6) is 2.17. The molecule has 0 unspecified atom stereocenters. The van der Waals surface area contributed by atoms with Crippen LogP contribution >= 0.6 is 11.8 Å². The standard InChI is InChI=1S/C14H18OS/c1-10-8-11-4-5-12(15-2)9-14(11)13(10)6-7-16-3/h4-5,9H,6-8H2,1-3H3. The molecule has 2 heteroatoms. The van der Waals surface area contributed by atoms with Gasteiger partial charge in [-0.25, -0.2) is 0 Å². The Balaban J connectivity index is 2.31. The zero-order valence-corrected chi connectivity index (χ0v) is 11.0. The van der Waals surface area contributed by atoms with E-state index in [-0.39, 0.29) is 0 Å². The lowest BCUT2D eigenvalue weighted by Gasteiger charge is -2.08.